The molecule has 0 aliphatic carbocycles. The minimum Gasteiger partial charge on any atom is -0.353 e. The summed E-state index contributed by atoms with van der Waals surface area (Å²) in [5.74, 6) is 0. The van der Waals surface area contributed by atoms with Crippen molar-refractivity contribution in [1.82, 2.24) is 4.98 Å². The third-order valence-electron chi connectivity index (χ3n) is 3.88. The number of nitrogens with zero attached hydrogens (tertiary/aromatic N) is 1. The van der Waals surface area contributed by atoms with E-state index in [-0.39, 0.29) is 0 Å². The van der Waals surface area contributed by atoms with E-state index in [2.05, 4.69) is 35.3 Å². The van der Waals surface area contributed by atoms with Crippen molar-refractivity contribution in [2.24, 2.45) is 0 Å². The van der Waals surface area contributed by atoms with Crippen molar-refractivity contribution in [2.75, 3.05) is 0 Å². The molecule has 3 aromatic carbocycles. The van der Waals surface area contributed by atoms with Gasteiger partial charge in [0.05, 0.1) is 11.3 Å². The van der Waals surface area contributed by atoms with E-state index in [1.165, 1.54) is 5.39 Å². The minimum atomic E-state index is 0.710. The van der Waals surface area contributed by atoms with Crippen molar-refractivity contribution in [1.29, 1.82) is 5.26 Å². The van der Waals surface area contributed by atoms with Crippen LogP contribution < -0.4 is 0 Å². The summed E-state index contributed by atoms with van der Waals surface area (Å²) < 4.78 is 0. The van der Waals surface area contributed by atoms with Gasteiger partial charge in [0.2, 0.25) is 0 Å². The average molecular weight is 268 g/mol. The first-order chi connectivity index (χ1) is 10.4. The summed E-state index contributed by atoms with van der Waals surface area (Å²) in [5, 5.41) is 12.9. The molecule has 1 aromatic heterocycles. The molecule has 0 saturated carbocycles. The summed E-state index contributed by atoms with van der Waals surface area (Å²) >= 11 is 0. The summed E-state index contributed by atoms with van der Waals surface area (Å²) in [4.78, 5) is 3.40. The SMILES string of the molecule is N#Cc1c(-c2cccc3ccccc23)[nH]c2ccccc12. The molecule has 0 spiro atoms. The number of para-hydroxylation sites is 1. The predicted molar refractivity (Wildman–Crippen MR) is 86.0 cm³/mol. The van der Waals surface area contributed by atoms with Gasteiger partial charge in [0, 0.05) is 16.5 Å². The Morgan fingerprint density at radius 1 is 0.762 bits per heavy atom. The van der Waals surface area contributed by atoms with Gasteiger partial charge in [0.15, 0.2) is 0 Å². The van der Waals surface area contributed by atoms with Crippen LogP contribution in [0.3, 0.4) is 0 Å². The molecule has 0 amide bonds. The van der Waals surface area contributed by atoms with E-state index in [4.69, 9.17) is 0 Å². The standard InChI is InChI=1S/C19H12N2/c20-12-17-15-9-3-4-11-18(15)21-19(17)16-10-5-7-13-6-1-2-8-14(13)16/h1-11,21H. The van der Waals surface area contributed by atoms with Gasteiger partial charge in [-0.3, -0.25) is 0 Å². The average Bonchev–Trinajstić information content (AvgIpc) is 2.92. The molecule has 98 valence electrons. The van der Waals surface area contributed by atoms with Gasteiger partial charge in [-0.1, -0.05) is 60.7 Å². The summed E-state index contributed by atoms with van der Waals surface area (Å²) in [6, 6.07) is 24.7. The van der Waals surface area contributed by atoms with Gasteiger partial charge in [-0.2, -0.15) is 5.26 Å². The number of hydrogen-bond acceptors (Lipinski definition) is 1. The molecule has 0 unspecified atom stereocenters. The second-order valence-corrected chi connectivity index (χ2v) is 5.06. The van der Waals surface area contributed by atoms with E-state index < -0.39 is 0 Å². The van der Waals surface area contributed by atoms with Gasteiger partial charge < -0.3 is 4.98 Å². The molecule has 1 N–H and O–H groups in total. The number of aromatic nitrogens is 1. The van der Waals surface area contributed by atoms with E-state index in [0.29, 0.717) is 5.56 Å². The number of fused-ring (bicyclic) bond motifs is 2. The van der Waals surface area contributed by atoms with E-state index in [1.54, 1.807) is 0 Å². The maximum absolute atomic E-state index is 9.57. The second-order valence-electron chi connectivity index (χ2n) is 5.06. The molecule has 1 heterocycles. The Morgan fingerprint density at radius 3 is 2.33 bits per heavy atom. The number of rotatable bonds is 1. The maximum Gasteiger partial charge on any atom is 0.102 e. The van der Waals surface area contributed by atoms with Crippen molar-refractivity contribution in [2.45, 2.75) is 0 Å². The van der Waals surface area contributed by atoms with Crippen molar-refractivity contribution < 1.29 is 0 Å². The molecule has 0 saturated heterocycles. The van der Waals surface area contributed by atoms with Crippen LogP contribution in [0.5, 0.6) is 0 Å². The van der Waals surface area contributed by atoms with Crippen molar-refractivity contribution in [3.63, 3.8) is 0 Å². The van der Waals surface area contributed by atoms with Crippen LogP contribution in [-0.2, 0) is 0 Å². The number of benzene rings is 3. The van der Waals surface area contributed by atoms with E-state index in [0.717, 1.165) is 27.5 Å². The van der Waals surface area contributed by atoms with Crippen LogP contribution >= 0.6 is 0 Å². The number of hydrogen-bond donors (Lipinski definition) is 1. The summed E-state index contributed by atoms with van der Waals surface area (Å²) in [6.07, 6.45) is 0. The van der Waals surface area contributed by atoms with E-state index in [1.807, 2.05) is 42.5 Å². The highest BCUT2D eigenvalue weighted by atomic mass is 14.7. The molecule has 21 heavy (non-hydrogen) atoms. The second kappa shape index (κ2) is 4.50. The van der Waals surface area contributed by atoms with Gasteiger partial charge in [-0.15, -0.1) is 0 Å². The fourth-order valence-corrected chi connectivity index (χ4v) is 2.90. The molecular weight excluding hydrogens is 256 g/mol. The lowest BCUT2D eigenvalue weighted by atomic mass is 9.99. The number of aromatic amines is 1. The Bertz CT molecular complexity index is 998. The molecule has 0 aliphatic heterocycles. The quantitative estimate of drug-likeness (QED) is 0.526. The highest BCUT2D eigenvalue weighted by Gasteiger charge is 2.14. The van der Waals surface area contributed by atoms with Crippen LogP contribution in [-0.4, -0.2) is 4.98 Å². The Balaban J connectivity index is 2.12. The topological polar surface area (TPSA) is 39.6 Å². The Kier molecular flexibility index (Phi) is 2.52. The Morgan fingerprint density at radius 2 is 1.48 bits per heavy atom. The lowest BCUT2D eigenvalue weighted by molar-refractivity contribution is 1.44. The zero-order chi connectivity index (χ0) is 14.2. The number of H-pyrrole nitrogens is 1. The first-order valence-electron chi connectivity index (χ1n) is 6.87. The van der Waals surface area contributed by atoms with Crippen LogP contribution in [0.2, 0.25) is 0 Å². The van der Waals surface area contributed by atoms with Crippen molar-refractivity contribution >= 4 is 21.7 Å². The molecule has 0 fully saturated rings. The Labute approximate surface area is 122 Å². The molecule has 0 bridgehead atoms. The van der Waals surface area contributed by atoms with Crippen LogP contribution in [0.25, 0.3) is 32.9 Å². The fourth-order valence-electron chi connectivity index (χ4n) is 2.90. The third-order valence-corrected chi connectivity index (χ3v) is 3.88. The van der Waals surface area contributed by atoms with Crippen molar-refractivity contribution in [3.05, 3.63) is 72.3 Å². The molecular formula is C19H12N2. The summed E-state index contributed by atoms with van der Waals surface area (Å²) in [7, 11) is 0. The van der Waals surface area contributed by atoms with Gasteiger partial charge in [-0.25, -0.2) is 0 Å². The summed E-state index contributed by atoms with van der Waals surface area (Å²) in [5.41, 5.74) is 3.68. The largest absolute Gasteiger partial charge is 0.353 e. The van der Waals surface area contributed by atoms with Gasteiger partial charge >= 0.3 is 0 Å². The minimum absolute atomic E-state index is 0.710. The first kappa shape index (κ1) is 11.7. The Hall–Kier alpha value is -3.05. The molecule has 0 atom stereocenters. The number of nitrogens with one attached hydrogen (secondary N) is 1. The highest BCUT2D eigenvalue weighted by molar-refractivity contribution is 6.01. The number of nitriles is 1. The van der Waals surface area contributed by atoms with Crippen molar-refractivity contribution in [3.8, 4) is 17.3 Å². The predicted octanol–water partition coefficient (Wildman–Crippen LogP) is 4.86. The summed E-state index contributed by atoms with van der Waals surface area (Å²) in [6.45, 7) is 0. The first-order valence-corrected chi connectivity index (χ1v) is 6.87. The van der Waals surface area contributed by atoms with Gasteiger partial charge in [0.25, 0.3) is 0 Å². The van der Waals surface area contributed by atoms with E-state index in [9.17, 15) is 5.26 Å². The van der Waals surface area contributed by atoms with E-state index >= 15 is 0 Å². The molecule has 4 rings (SSSR count). The van der Waals surface area contributed by atoms with Crippen LogP contribution in [0.4, 0.5) is 0 Å². The zero-order valence-corrected chi connectivity index (χ0v) is 11.3. The molecule has 2 heteroatoms. The smallest absolute Gasteiger partial charge is 0.102 e. The van der Waals surface area contributed by atoms with Crippen LogP contribution in [0.1, 0.15) is 5.56 Å². The van der Waals surface area contributed by atoms with Gasteiger partial charge in [0.1, 0.15) is 6.07 Å². The molecule has 4 aromatic rings. The monoisotopic (exact) mass is 268 g/mol. The lowest BCUT2D eigenvalue weighted by Gasteiger charge is -2.05. The molecule has 0 aliphatic rings. The normalized spacial score (nSPS) is 10.8. The zero-order valence-electron chi connectivity index (χ0n) is 11.3. The molecule has 0 radical (unpaired) electrons. The van der Waals surface area contributed by atoms with Crippen LogP contribution in [0.15, 0.2) is 66.7 Å². The highest BCUT2D eigenvalue weighted by Crippen LogP contribution is 2.33. The third kappa shape index (κ3) is 1.72. The fraction of sp³-hybridized carbons (Fsp3) is 0. The maximum atomic E-state index is 9.57. The lowest BCUT2D eigenvalue weighted by Crippen LogP contribution is -1.84. The van der Waals surface area contributed by atoms with Crippen LogP contribution in [0, 0.1) is 11.3 Å². The van der Waals surface area contributed by atoms with Gasteiger partial charge in [-0.05, 0) is 16.8 Å². The molecule has 2 nitrogen and oxygen atoms in total.